The Bertz CT molecular complexity index is 388. The van der Waals surface area contributed by atoms with Gasteiger partial charge in [-0.25, -0.2) is 0 Å². The van der Waals surface area contributed by atoms with Crippen LogP contribution < -0.4 is 4.74 Å². The van der Waals surface area contributed by atoms with Crippen molar-refractivity contribution in [2.45, 2.75) is 52.4 Å². The Morgan fingerprint density at radius 2 is 1.89 bits per heavy atom. The van der Waals surface area contributed by atoms with Gasteiger partial charge in [-0.3, -0.25) is 0 Å². The number of unbranched alkanes of at least 4 members (excludes halogenated alkanes) is 5. The maximum atomic E-state index is 8.74. The first-order valence-electron chi connectivity index (χ1n) is 7.19. The average molecular weight is 263 g/mol. The van der Waals surface area contributed by atoms with Gasteiger partial charge >= 0.3 is 0 Å². The molecule has 0 saturated heterocycles. The highest BCUT2D eigenvalue weighted by Crippen LogP contribution is 2.15. The second-order valence-corrected chi connectivity index (χ2v) is 4.83. The largest absolute Gasteiger partial charge is 0.494 e. The number of oxime groups is 1. The molecule has 1 N–H and O–H groups in total. The maximum Gasteiger partial charge on any atom is 0.119 e. The van der Waals surface area contributed by atoms with Gasteiger partial charge in [-0.2, -0.15) is 0 Å². The van der Waals surface area contributed by atoms with Crippen molar-refractivity contribution in [2.75, 3.05) is 6.61 Å². The summed E-state index contributed by atoms with van der Waals surface area (Å²) in [6, 6.07) is 7.67. The van der Waals surface area contributed by atoms with Gasteiger partial charge < -0.3 is 9.94 Å². The van der Waals surface area contributed by atoms with Crippen LogP contribution in [-0.2, 0) is 0 Å². The summed E-state index contributed by atoms with van der Waals surface area (Å²) >= 11 is 0. The summed E-state index contributed by atoms with van der Waals surface area (Å²) in [6.45, 7) is 4.76. The van der Waals surface area contributed by atoms with Crippen molar-refractivity contribution in [2.24, 2.45) is 5.16 Å². The summed E-state index contributed by atoms with van der Waals surface area (Å²) < 4.78 is 5.71. The van der Waals surface area contributed by atoms with Gasteiger partial charge in [0.2, 0.25) is 0 Å². The van der Waals surface area contributed by atoms with Crippen molar-refractivity contribution in [3.8, 4) is 5.75 Å². The minimum atomic E-state index is 0.602. The van der Waals surface area contributed by atoms with Crippen LogP contribution in [0.3, 0.4) is 0 Å². The number of hydrogen-bond donors (Lipinski definition) is 1. The van der Waals surface area contributed by atoms with Crippen molar-refractivity contribution in [1.82, 2.24) is 0 Å². The van der Waals surface area contributed by atoms with Crippen LogP contribution in [-0.4, -0.2) is 17.5 Å². The minimum absolute atomic E-state index is 0.602. The van der Waals surface area contributed by atoms with Crippen LogP contribution in [0, 0.1) is 0 Å². The van der Waals surface area contributed by atoms with E-state index in [0.717, 1.165) is 24.3 Å². The van der Waals surface area contributed by atoms with E-state index < -0.39 is 0 Å². The van der Waals surface area contributed by atoms with Crippen LogP contribution in [0.2, 0.25) is 0 Å². The zero-order valence-electron chi connectivity index (χ0n) is 12.1. The zero-order chi connectivity index (χ0) is 13.9. The molecule has 0 amide bonds. The molecule has 3 heteroatoms. The van der Waals surface area contributed by atoms with Crippen LogP contribution in [0.1, 0.15) is 57.9 Å². The molecule has 1 aromatic carbocycles. The topological polar surface area (TPSA) is 41.8 Å². The Morgan fingerprint density at radius 1 is 1.16 bits per heavy atom. The Labute approximate surface area is 116 Å². The van der Waals surface area contributed by atoms with Gasteiger partial charge in [0.05, 0.1) is 12.3 Å². The van der Waals surface area contributed by atoms with E-state index in [1.54, 1.807) is 6.92 Å². The molecule has 1 aromatic rings. The molecule has 0 saturated carbocycles. The fourth-order valence-corrected chi connectivity index (χ4v) is 1.94. The molecule has 0 aliphatic heterocycles. The highest BCUT2D eigenvalue weighted by molar-refractivity contribution is 5.98. The van der Waals surface area contributed by atoms with E-state index in [2.05, 4.69) is 12.1 Å². The Hall–Kier alpha value is -1.51. The summed E-state index contributed by atoms with van der Waals surface area (Å²) in [4.78, 5) is 0. The molecular weight excluding hydrogens is 238 g/mol. The molecule has 3 nitrogen and oxygen atoms in total. The van der Waals surface area contributed by atoms with Crippen LogP contribution in [0.5, 0.6) is 5.75 Å². The summed E-state index contributed by atoms with van der Waals surface area (Å²) in [5.74, 6) is 0.842. The molecule has 0 aromatic heterocycles. The summed E-state index contributed by atoms with van der Waals surface area (Å²) in [5, 5.41) is 11.9. The van der Waals surface area contributed by atoms with Crippen molar-refractivity contribution in [3.63, 3.8) is 0 Å². The van der Waals surface area contributed by atoms with E-state index in [9.17, 15) is 0 Å². The number of benzene rings is 1. The van der Waals surface area contributed by atoms with Gasteiger partial charge in [0, 0.05) is 5.56 Å². The molecule has 0 aliphatic carbocycles. The van der Waals surface area contributed by atoms with E-state index >= 15 is 0 Å². The first-order valence-corrected chi connectivity index (χ1v) is 7.19. The van der Waals surface area contributed by atoms with Crippen molar-refractivity contribution in [1.29, 1.82) is 0 Å². The average Bonchev–Trinajstić information content (AvgIpc) is 2.46. The molecule has 0 heterocycles. The SMILES string of the molecule is CCCCCCCCOc1cccc(/C(C)=N/O)c1. The van der Waals surface area contributed by atoms with Crippen LogP contribution >= 0.6 is 0 Å². The normalized spacial score (nSPS) is 11.6. The van der Waals surface area contributed by atoms with E-state index in [1.807, 2.05) is 24.3 Å². The highest BCUT2D eigenvalue weighted by Gasteiger charge is 2.00. The third-order valence-electron chi connectivity index (χ3n) is 3.17. The molecule has 106 valence electrons. The van der Waals surface area contributed by atoms with Gasteiger partial charge in [-0.15, -0.1) is 0 Å². The maximum absolute atomic E-state index is 8.74. The van der Waals surface area contributed by atoms with Gasteiger partial charge in [0.1, 0.15) is 5.75 Å². The van der Waals surface area contributed by atoms with Gasteiger partial charge in [0.25, 0.3) is 0 Å². The fraction of sp³-hybridized carbons (Fsp3) is 0.562. The smallest absolute Gasteiger partial charge is 0.119 e. The predicted molar refractivity (Wildman–Crippen MR) is 79.3 cm³/mol. The van der Waals surface area contributed by atoms with Gasteiger partial charge in [0.15, 0.2) is 0 Å². The van der Waals surface area contributed by atoms with E-state index in [0.29, 0.717) is 5.71 Å². The standard InChI is InChI=1S/C16H25NO2/c1-3-4-5-6-7-8-12-19-16-11-9-10-15(13-16)14(2)17-18/h9-11,13,18H,3-8,12H2,1-2H3/b17-14+. The van der Waals surface area contributed by atoms with Gasteiger partial charge in [-0.1, -0.05) is 56.3 Å². The Kier molecular flexibility index (Phi) is 7.71. The minimum Gasteiger partial charge on any atom is -0.494 e. The van der Waals surface area contributed by atoms with Gasteiger partial charge in [-0.05, 0) is 25.5 Å². The second-order valence-electron chi connectivity index (χ2n) is 4.83. The number of nitrogens with zero attached hydrogens (tertiary/aromatic N) is 1. The van der Waals surface area contributed by atoms with Crippen LogP contribution in [0.25, 0.3) is 0 Å². The van der Waals surface area contributed by atoms with Crippen molar-refractivity contribution < 1.29 is 9.94 Å². The van der Waals surface area contributed by atoms with E-state index in [-0.39, 0.29) is 0 Å². The molecule has 19 heavy (non-hydrogen) atoms. The first-order chi connectivity index (χ1) is 9.27. The highest BCUT2D eigenvalue weighted by atomic mass is 16.5. The quantitative estimate of drug-likeness (QED) is 0.305. The molecule has 0 fully saturated rings. The molecule has 1 rings (SSSR count). The second kappa shape index (κ2) is 9.42. The Balaban J connectivity index is 2.26. The lowest BCUT2D eigenvalue weighted by Gasteiger charge is -2.07. The molecular formula is C16H25NO2. The van der Waals surface area contributed by atoms with Crippen molar-refractivity contribution >= 4 is 5.71 Å². The lowest BCUT2D eigenvalue weighted by Crippen LogP contribution is -1.99. The molecule has 0 bridgehead atoms. The summed E-state index contributed by atoms with van der Waals surface area (Å²) in [6.07, 6.45) is 7.58. The van der Waals surface area contributed by atoms with E-state index in [1.165, 1.54) is 32.1 Å². The van der Waals surface area contributed by atoms with Crippen LogP contribution in [0.15, 0.2) is 29.4 Å². The summed E-state index contributed by atoms with van der Waals surface area (Å²) in [5.41, 5.74) is 1.49. The molecule has 0 atom stereocenters. The fourth-order valence-electron chi connectivity index (χ4n) is 1.94. The zero-order valence-corrected chi connectivity index (χ0v) is 12.1. The van der Waals surface area contributed by atoms with Crippen molar-refractivity contribution in [3.05, 3.63) is 29.8 Å². The number of rotatable bonds is 9. The monoisotopic (exact) mass is 263 g/mol. The molecule has 0 spiro atoms. The number of ether oxygens (including phenoxy) is 1. The molecule has 0 radical (unpaired) electrons. The lowest BCUT2D eigenvalue weighted by atomic mass is 10.1. The molecule has 0 unspecified atom stereocenters. The van der Waals surface area contributed by atoms with Crippen LogP contribution in [0.4, 0.5) is 0 Å². The lowest BCUT2D eigenvalue weighted by molar-refractivity contribution is 0.304. The third-order valence-corrected chi connectivity index (χ3v) is 3.17. The Morgan fingerprint density at radius 3 is 2.63 bits per heavy atom. The predicted octanol–water partition coefficient (Wildman–Crippen LogP) is 4.62. The first kappa shape index (κ1) is 15.5. The van der Waals surface area contributed by atoms with E-state index in [4.69, 9.17) is 9.94 Å². The third kappa shape index (κ3) is 6.27. The summed E-state index contributed by atoms with van der Waals surface area (Å²) in [7, 11) is 0. The molecule has 0 aliphatic rings. The number of hydrogen-bond acceptors (Lipinski definition) is 3.